The van der Waals surface area contributed by atoms with Crippen LogP contribution in [0.25, 0.3) is 6.08 Å². The van der Waals surface area contributed by atoms with E-state index in [0.717, 1.165) is 42.3 Å². The van der Waals surface area contributed by atoms with Crippen LogP contribution in [0.1, 0.15) is 30.9 Å². The van der Waals surface area contributed by atoms with Crippen LogP contribution in [0.5, 0.6) is 0 Å². The van der Waals surface area contributed by atoms with E-state index in [1.165, 1.54) is 0 Å². The minimum atomic E-state index is -0.977. The molecule has 114 valence electrons. The molecule has 21 heavy (non-hydrogen) atoms. The van der Waals surface area contributed by atoms with Gasteiger partial charge in [-0.05, 0) is 42.7 Å². The number of benzene rings is 1. The summed E-state index contributed by atoms with van der Waals surface area (Å²) in [5.41, 5.74) is 8.06. The Bertz CT molecular complexity index is 538. The zero-order valence-electron chi connectivity index (χ0n) is 12.5. The molecule has 1 aromatic rings. The second-order valence-electron chi connectivity index (χ2n) is 4.96. The summed E-state index contributed by atoms with van der Waals surface area (Å²) in [5.74, 6) is -1.34. The van der Waals surface area contributed by atoms with Crippen LogP contribution >= 0.6 is 0 Å². The average molecular weight is 290 g/mol. The van der Waals surface area contributed by atoms with Gasteiger partial charge in [0, 0.05) is 18.3 Å². The minimum Gasteiger partial charge on any atom is -0.478 e. The SMILES string of the molecule is CCCCN(CC(N)=O)c1ccc(C=CC(=O)O)cc1C. The Morgan fingerprint density at radius 3 is 2.62 bits per heavy atom. The fourth-order valence-electron chi connectivity index (χ4n) is 2.13. The number of carboxylic acids is 1. The average Bonchev–Trinajstić information content (AvgIpc) is 2.41. The molecule has 0 spiro atoms. The van der Waals surface area contributed by atoms with Gasteiger partial charge in [-0.2, -0.15) is 0 Å². The summed E-state index contributed by atoms with van der Waals surface area (Å²) >= 11 is 0. The van der Waals surface area contributed by atoms with Crippen molar-refractivity contribution >= 4 is 23.6 Å². The van der Waals surface area contributed by atoms with Crippen LogP contribution in [0.3, 0.4) is 0 Å². The van der Waals surface area contributed by atoms with Crippen molar-refractivity contribution in [3.05, 3.63) is 35.4 Å². The highest BCUT2D eigenvalue weighted by Gasteiger charge is 2.11. The molecular formula is C16H22N2O3. The second kappa shape index (κ2) is 8.09. The van der Waals surface area contributed by atoms with Crippen molar-refractivity contribution in [2.45, 2.75) is 26.7 Å². The molecule has 0 saturated heterocycles. The third kappa shape index (κ3) is 5.69. The number of aryl methyl sites for hydroxylation is 1. The summed E-state index contributed by atoms with van der Waals surface area (Å²) in [6, 6.07) is 5.63. The molecule has 0 aliphatic heterocycles. The molecule has 0 atom stereocenters. The van der Waals surface area contributed by atoms with Crippen molar-refractivity contribution in [1.82, 2.24) is 0 Å². The van der Waals surface area contributed by atoms with E-state index >= 15 is 0 Å². The zero-order valence-corrected chi connectivity index (χ0v) is 12.5. The number of primary amides is 1. The fraction of sp³-hybridized carbons (Fsp3) is 0.375. The molecule has 0 aliphatic rings. The molecule has 0 saturated carbocycles. The molecule has 5 heteroatoms. The Morgan fingerprint density at radius 1 is 1.38 bits per heavy atom. The predicted molar refractivity (Wildman–Crippen MR) is 84.2 cm³/mol. The van der Waals surface area contributed by atoms with Crippen LogP contribution < -0.4 is 10.6 Å². The molecule has 1 aromatic carbocycles. The van der Waals surface area contributed by atoms with Gasteiger partial charge in [0.25, 0.3) is 0 Å². The van der Waals surface area contributed by atoms with E-state index in [9.17, 15) is 9.59 Å². The Labute approximate surface area is 125 Å². The lowest BCUT2D eigenvalue weighted by molar-refractivity contribution is -0.131. The van der Waals surface area contributed by atoms with Crippen molar-refractivity contribution in [2.24, 2.45) is 5.73 Å². The molecule has 0 heterocycles. The second-order valence-corrected chi connectivity index (χ2v) is 4.96. The van der Waals surface area contributed by atoms with E-state index in [4.69, 9.17) is 10.8 Å². The molecule has 5 nitrogen and oxygen atoms in total. The van der Waals surface area contributed by atoms with Crippen LogP contribution in [0.2, 0.25) is 0 Å². The van der Waals surface area contributed by atoms with Gasteiger partial charge in [0.2, 0.25) is 5.91 Å². The highest BCUT2D eigenvalue weighted by molar-refractivity contribution is 5.85. The Kier molecular flexibility index (Phi) is 6.46. The number of anilines is 1. The summed E-state index contributed by atoms with van der Waals surface area (Å²) in [7, 11) is 0. The molecular weight excluding hydrogens is 268 g/mol. The van der Waals surface area contributed by atoms with Gasteiger partial charge >= 0.3 is 5.97 Å². The van der Waals surface area contributed by atoms with Gasteiger partial charge in [0.15, 0.2) is 0 Å². The number of nitrogens with two attached hydrogens (primary N) is 1. The van der Waals surface area contributed by atoms with Gasteiger partial charge in [-0.3, -0.25) is 4.79 Å². The zero-order chi connectivity index (χ0) is 15.8. The van der Waals surface area contributed by atoms with Crippen molar-refractivity contribution in [3.63, 3.8) is 0 Å². The third-order valence-electron chi connectivity index (χ3n) is 3.11. The maximum atomic E-state index is 11.2. The number of carboxylic acid groups (broad SMARTS) is 1. The molecule has 1 rings (SSSR count). The molecule has 0 bridgehead atoms. The smallest absolute Gasteiger partial charge is 0.328 e. The van der Waals surface area contributed by atoms with Crippen LogP contribution in [0, 0.1) is 6.92 Å². The lowest BCUT2D eigenvalue weighted by Gasteiger charge is -2.25. The van der Waals surface area contributed by atoms with Crippen LogP contribution in [-0.4, -0.2) is 30.1 Å². The standard InChI is InChI=1S/C16H22N2O3/c1-3-4-9-18(11-15(17)19)14-7-5-13(10-12(14)2)6-8-16(20)21/h5-8,10H,3-4,9,11H2,1-2H3,(H2,17,19)(H,20,21). The molecule has 0 unspecified atom stereocenters. The first kappa shape index (κ1) is 16.8. The van der Waals surface area contributed by atoms with Gasteiger partial charge in [0.1, 0.15) is 0 Å². The fourth-order valence-corrected chi connectivity index (χ4v) is 2.13. The first-order chi connectivity index (χ1) is 9.93. The maximum Gasteiger partial charge on any atom is 0.328 e. The number of hydrogen-bond donors (Lipinski definition) is 2. The van der Waals surface area contributed by atoms with Gasteiger partial charge in [-0.1, -0.05) is 19.4 Å². The summed E-state index contributed by atoms with van der Waals surface area (Å²) in [6.07, 6.45) is 4.66. The number of carbonyl (C=O) groups is 2. The number of amides is 1. The normalized spacial score (nSPS) is 10.8. The Hall–Kier alpha value is -2.30. The van der Waals surface area contributed by atoms with Gasteiger partial charge < -0.3 is 15.7 Å². The monoisotopic (exact) mass is 290 g/mol. The molecule has 1 amide bonds. The minimum absolute atomic E-state index is 0.186. The first-order valence-electron chi connectivity index (χ1n) is 6.99. The number of nitrogens with zero attached hydrogens (tertiary/aromatic N) is 1. The molecule has 3 N–H and O–H groups in total. The molecule has 0 fully saturated rings. The van der Waals surface area contributed by atoms with Crippen molar-refractivity contribution < 1.29 is 14.7 Å². The summed E-state index contributed by atoms with van der Waals surface area (Å²) in [5, 5.41) is 8.64. The van der Waals surface area contributed by atoms with E-state index in [0.29, 0.717) is 0 Å². The lowest BCUT2D eigenvalue weighted by atomic mass is 10.1. The van der Waals surface area contributed by atoms with E-state index in [1.54, 1.807) is 6.08 Å². The van der Waals surface area contributed by atoms with Gasteiger partial charge in [-0.15, -0.1) is 0 Å². The van der Waals surface area contributed by atoms with Crippen molar-refractivity contribution in [1.29, 1.82) is 0 Å². The number of aliphatic carboxylic acids is 1. The summed E-state index contributed by atoms with van der Waals surface area (Å²) in [4.78, 5) is 23.7. The number of hydrogen-bond acceptors (Lipinski definition) is 3. The predicted octanol–water partition coefficient (Wildman–Crippen LogP) is 2.18. The van der Waals surface area contributed by atoms with E-state index in [2.05, 4.69) is 6.92 Å². The van der Waals surface area contributed by atoms with Gasteiger partial charge in [-0.25, -0.2) is 4.79 Å². The Balaban J connectivity index is 2.98. The van der Waals surface area contributed by atoms with Crippen LogP contribution in [0.15, 0.2) is 24.3 Å². The lowest BCUT2D eigenvalue weighted by Crippen LogP contribution is -2.34. The number of unbranched alkanes of at least 4 members (excludes halogenated alkanes) is 1. The molecule has 0 aromatic heterocycles. The quantitative estimate of drug-likeness (QED) is 0.719. The highest BCUT2D eigenvalue weighted by Crippen LogP contribution is 2.22. The topological polar surface area (TPSA) is 83.6 Å². The van der Waals surface area contributed by atoms with Crippen molar-refractivity contribution in [2.75, 3.05) is 18.0 Å². The maximum absolute atomic E-state index is 11.2. The number of carbonyl (C=O) groups excluding carboxylic acids is 1. The molecule has 0 aliphatic carbocycles. The highest BCUT2D eigenvalue weighted by atomic mass is 16.4. The van der Waals surface area contributed by atoms with Crippen LogP contribution in [-0.2, 0) is 9.59 Å². The van der Waals surface area contributed by atoms with E-state index in [1.807, 2.05) is 30.0 Å². The number of rotatable bonds is 8. The van der Waals surface area contributed by atoms with Gasteiger partial charge in [0.05, 0.1) is 6.54 Å². The third-order valence-corrected chi connectivity index (χ3v) is 3.11. The van der Waals surface area contributed by atoms with Crippen molar-refractivity contribution in [3.8, 4) is 0 Å². The largest absolute Gasteiger partial charge is 0.478 e. The summed E-state index contributed by atoms with van der Waals surface area (Å²) < 4.78 is 0. The Morgan fingerprint density at radius 2 is 2.10 bits per heavy atom. The molecule has 0 radical (unpaired) electrons. The first-order valence-corrected chi connectivity index (χ1v) is 6.99. The van der Waals surface area contributed by atoms with E-state index in [-0.39, 0.29) is 12.5 Å². The van der Waals surface area contributed by atoms with Crippen LogP contribution in [0.4, 0.5) is 5.69 Å². The van der Waals surface area contributed by atoms with E-state index < -0.39 is 5.97 Å². The summed E-state index contributed by atoms with van der Waals surface area (Å²) in [6.45, 7) is 4.98.